The van der Waals surface area contributed by atoms with Crippen LogP contribution in [0.1, 0.15) is 18.2 Å². The fraction of sp³-hybridized carbons (Fsp3) is 0.667. The molecule has 0 saturated carbocycles. The topological polar surface area (TPSA) is 46.5 Å². The molecule has 1 spiro atoms. The highest BCUT2D eigenvalue weighted by Gasteiger charge is 2.44. The molecule has 21 heavy (non-hydrogen) atoms. The Balaban J connectivity index is 1.61. The van der Waals surface area contributed by atoms with Crippen LogP contribution in [0.2, 0.25) is 0 Å². The van der Waals surface area contributed by atoms with E-state index in [4.69, 9.17) is 4.74 Å². The summed E-state index contributed by atoms with van der Waals surface area (Å²) < 4.78 is 6.71. The number of thiophene rings is 1. The van der Waals surface area contributed by atoms with Gasteiger partial charge in [0.1, 0.15) is 6.54 Å². The molecule has 2 unspecified atom stereocenters. The zero-order valence-electron chi connectivity index (χ0n) is 12.3. The number of carbonyl (C=O) groups is 1. The second kappa shape index (κ2) is 5.91. The Morgan fingerprint density at radius 2 is 2.19 bits per heavy atom. The van der Waals surface area contributed by atoms with Crippen molar-refractivity contribution in [2.45, 2.75) is 25.0 Å². The molecule has 2 saturated heterocycles. The SMILES string of the molecule is CC(O)(C(=O)OC1CC[N+]2(CCSCC2)C1)c1cccs1. The van der Waals surface area contributed by atoms with E-state index in [0.717, 1.165) is 24.0 Å². The molecule has 0 bridgehead atoms. The van der Waals surface area contributed by atoms with Gasteiger partial charge in [0.15, 0.2) is 11.7 Å². The molecular formula is C15H22NO3S2+. The highest BCUT2D eigenvalue weighted by molar-refractivity contribution is 7.99. The summed E-state index contributed by atoms with van der Waals surface area (Å²) in [5.41, 5.74) is -1.53. The zero-order valence-corrected chi connectivity index (χ0v) is 13.9. The molecule has 4 nitrogen and oxygen atoms in total. The van der Waals surface area contributed by atoms with Gasteiger partial charge in [-0.25, -0.2) is 4.79 Å². The molecule has 0 aromatic carbocycles. The minimum absolute atomic E-state index is 0.0490. The van der Waals surface area contributed by atoms with Crippen LogP contribution in [0, 0.1) is 0 Å². The number of thioether (sulfide) groups is 1. The molecule has 3 heterocycles. The van der Waals surface area contributed by atoms with E-state index in [2.05, 4.69) is 0 Å². The van der Waals surface area contributed by atoms with Gasteiger partial charge in [-0.15, -0.1) is 11.3 Å². The van der Waals surface area contributed by atoms with Gasteiger partial charge in [-0.05, 0) is 18.4 Å². The van der Waals surface area contributed by atoms with Crippen molar-refractivity contribution in [3.63, 3.8) is 0 Å². The van der Waals surface area contributed by atoms with Crippen molar-refractivity contribution in [2.75, 3.05) is 37.7 Å². The van der Waals surface area contributed by atoms with Gasteiger partial charge in [0.05, 0.1) is 19.6 Å². The van der Waals surface area contributed by atoms with E-state index in [9.17, 15) is 9.90 Å². The molecule has 6 heteroatoms. The van der Waals surface area contributed by atoms with Crippen LogP contribution in [-0.4, -0.2) is 59.3 Å². The third kappa shape index (κ3) is 3.13. The molecule has 0 radical (unpaired) electrons. The molecule has 2 fully saturated rings. The molecule has 1 aromatic rings. The minimum atomic E-state index is -1.53. The molecule has 2 aliphatic rings. The van der Waals surface area contributed by atoms with Crippen molar-refractivity contribution >= 4 is 29.1 Å². The lowest BCUT2D eigenvalue weighted by Crippen LogP contribution is -2.52. The summed E-state index contributed by atoms with van der Waals surface area (Å²) in [7, 11) is 0. The Kier molecular flexibility index (Phi) is 4.32. The normalized spacial score (nSPS) is 27.4. The first-order chi connectivity index (χ1) is 10.0. The molecule has 2 aliphatic heterocycles. The number of quaternary nitrogens is 1. The van der Waals surface area contributed by atoms with Crippen molar-refractivity contribution < 1.29 is 19.1 Å². The van der Waals surface area contributed by atoms with Crippen LogP contribution in [-0.2, 0) is 15.1 Å². The van der Waals surface area contributed by atoms with Crippen LogP contribution in [0.25, 0.3) is 0 Å². The molecule has 0 aliphatic carbocycles. The van der Waals surface area contributed by atoms with Gasteiger partial charge in [-0.3, -0.25) is 0 Å². The van der Waals surface area contributed by atoms with Crippen LogP contribution >= 0.6 is 23.1 Å². The van der Waals surface area contributed by atoms with Gasteiger partial charge in [-0.2, -0.15) is 11.8 Å². The van der Waals surface area contributed by atoms with Crippen molar-refractivity contribution in [1.82, 2.24) is 0 Å². The minimum Gasteiger partial charge on any atom is -0.454 e. The van der Waals surface area contributed by atoms with Crippen molar-refractivity contribution in [3.8, 4) is 0 Å². The van der Waals surface area contributed by atoms with E-state index in [-0.39, 0.29) is 6.10 Å². The first kappa shape index (κ1) is 15.3. The maximum atomic E-state index is 12.3. The van der Waals surface area contributed by atoms with E-state index >= 15 is 0 Å². The summed E-state index contributed by atoms with van der Waals surface area (Å²) in [5.74, 6) is 1.89. The quantitative estimate of drug-likeness (QED) is 0.679. The van der Waals surface area contributed by atoms with Gasteiger partial charge in [0, 0.05) is 22.8 Å². The molecular weight excluding hydrogens is 306 g/mol. The Morgan fingerprint density at radius 3 is 2.86 bits per heavy atom. The molecule has 1 N–H and O–H groups in total. The first-order valence-electron chi connectivity index (χ1n) is 7.42. The Morgan fingerprint density at radius 1 is 1.43 bits per heavy atom. The number of hydrogen-bond donors (Lipinski definition) is 1. The maximum Gasteiger partial charge on any atom is 0.343 e. The zero-order chi connectivity index (χ0) is 14.9. The number of ether oxygens (including phenoxy) is 1. The molecule has 2 atom stereocenters. The number of hydrogen-bond acceptors (Lipinski definition) is 5. The van der Waals surface area contributed by atoms with Gasteiger partial charge in [0.2, 0.25) is 0 Å². The second-order valence-electron chi connectivity index (χ2n) is 6.17. The first-order valence-corrected chi connectivity index (χ1v) is 9.46. The summed E-state index contributed by atoms with van der Waals surface area (Å²) in [5, 5.41) is 12.3. The van der Waals surface area contributed by atoms with E-state index < -0.39 is 11.6 Å². The van der Waals surface area contributed by atoms with Crippen LogP contribution < -0.4 is 0 Å². The number of carbonyl (C=O) groups excluding carboxylic acids is 1. The summed E-state index contributed by atoms with van der Waals surface area (Å²) in [6.45, 7) is 5.89. The Hall–Kier alpha value is -0.560. The van der Waals surface area contributed by atoms with Crippen molar-refractivity contribution in [3.05, 3.63) is 22.4 Å². The predicted molar refractivity (Wildman–Crippen MR) is 85.4 cm³/mol. The molecule has 0 amide bonds. The molecule has 3 rings (SSSR count). The fourth-order valence-electron chi connectivity index (χ4n) is 3.19. The Bertz CT molecular complexity index is 495. The van der Waals surface area contributed by atoms with Gasteiger partial charge < -0.3 is 14.3 Å². The lowest BCUT2D eigenvalue weighted by atomic mass is 10.1. The lowest BCUT2D eigenvalue weighted by Gasteiger charge is -2.37. The van der Waals surface area contributed by atoms with Gasteiger partial charge in [-0.1, -0.05) is 6.07 Å². The number of esters is 1. The Labute approximate surface area is 133 Å². The second-order valence-corrected chi connectivity index (χ2v) is 8.35. The molecule has 116 valence electrons. The fourth-order valence-corrected chi connectivity index (χ4v) is 5.20. The average molecular weight is 328 g/mol. The van der Waals surface area contributed by atoms with E-state index in [1.807, 2.05) is 23.2 Å². The van der Waals surface area contributed by atoms with Crippen molar-refractivity contribution in [1.29, 1.82) is 0 Å². The monoisotopic (exact) mass is 328 g/mol. The van der Waals surface area contributed by atoms with E-state index in [1.165, 1.54) is 42.9 Å². The standard InChI is InChI=1S/C15H22NO3S2/c1-15(18,13-3-2-8-21-13)14(17)19-12-4-5-16(11-12)6-9-20-10-7-16/h2-3,8,12,18H,4-7,9-11H2,1H3/q+1. The largest absolute Gasteiger partial charge is 0.454 e. The van der Waals surface area contributed by atoms with Gasteiger partial charge >= 0.3 is 5.97 Å². The summed E-state index contributed by atoms with van der Waals surface area (Å²) in [6, 6.07) is 3.61. The smallest absolute Gasteiger partial charge is 0.343 e. The maximum absolute atomic E-state index is 12.3. The summed E-state index contributed by atoms with van der Waals surface area (Å²) in [6.07, 6.45) is 0.865. The summed E-state index contributed by atoms with van der Waals surface area (Å²) in [4.78, 5) is 13.0. The van der Waals surface area contributed by atoms with Crippen molar-refractivity contribution in [2.24, 2.45) is 0 Å². The molecule has 1 aromatic heterocycles. The third-order valence-electron chi connectivity index (χ3n) is 4.61. The van der Waals surface area contributed by atoms with Crippen LogP contribution in [0.4, 0.5) is 0 Å². The summed E-state index contributed by atoms with van der Waals surface area (Å²) >= 11 is 3.39. The number of nitrogens with zero attached hydrogens (tertiary/aromatic N) is 1. The van der Waals surface area contributed by atoms with E-state index in [0.29, 0.717) is 4.88 Å². The third-order valence-corrected chi connectivity index (χ3v) is 6.63. The highest BCUT2D eigenvalue weighted by atomic mass is 32.2. The predicted octanol–water partition coefficient (Wildman–Crippen LogP) is 1.83. The average Bonchev–Trinajstić information content (AvgIpc) is 3.11. The van der Waals surface area contributed by atoms with Crippen LogP contribution in [0.5, 0.6) is 0 Å². The number of rotatable bonds is 3. The van der Waals surface area contributed by atoms with Crippen LogP contribution in [0.3, 0.4) is 0 Å². The number of aliphatic hydroxyl groups is 1. The van der Waals surface area contributed by atoms with Gasteiger partial charge in [0.25, 0.3) is 0 Å². The highest BCUT2D eigenvalue weighted by Crippen LogP contribution is 2.30. The van der Waals surface area contributed by atoms with Crippen LogP contribution in [0.15, 0.2) is 17.5 Å². The lowest BCUT2D eigenvalue weighted by molar-refractivity contribution is -0.914. The van der Waals surface area contributed by atoms with E-state index in [1.54, 1.807) is 6.07 Å².